The maximum Gasteiger partial charge on any atom is 0.344 e. The summed E-state index contributed by atoms with van der Waals surface area (Å²) >= 11 is 0. The molecular formula is C23H35NO10. The molecule has 1 unspecified atom stereocenters. The van der Waals surface area contributed by atoms with Crippen LogP contribution in [-0.4, -0.2) is 104 Å². The van der Waals surface area contributed by atoms with Crippen LogP contribution in [0.1, 0.15) is 47.5 Å². The zero-order valence-corrected chi connectivity index (χ0v) is 20.2. The minimum Gasteiger partial charge on any atom is -0.459 e. The van der Waals surface area contributed by atoms with Gasteiger partial charge in [0.1, 0.15) is 24.4 Å². The van der Waals surface area contributed by atoms with Crippen molar-refractivity contribution in [1.82, 2.24) is 4.90 Å². The minimum atomic E-state index is -3.07. The van der Waals surface area contributed by atoms with Gasteiger partial charge in [-0.1, -0.05) is 26.8 Å². The van der Waals surface area contributed by atoms with Gasteiger partial charge in [0.25, 0.3) is 0 Å². The number of carbonyl (C=O) groups is 3. The van der Waals surface area contributed by atoms with Crippen LogP contribution in [0.2, 0.25) is 0 Å². The van der Waals surface area contributed by atoms with Gasteiger partial charge in [0.05, 0.1) is 6.04 Å². The van der Waals surface area contributed by atoms with Crippen LogP contribution < -0.4 is 0 Å². The first-order chi connectivity index (χ1) is 15.7. The van der Waals surface area contributed by atoms with Crippen LogP contribution in [0.25, 0.3) is 0 Å². The van der Waals surface area contributed by atoms with Crippen LogP contribution in [0.4, 0.5) is 0 Å². The van der Waals surface area contributed by atoms with Crippen molar-refractivity contribution >= 4 is 17.9 Å². The van der Waals surface area contributed by atoms with Gasteiger partial charge >= 0.3 is 17.9 Å². The molecule has 192 valence electrons. The molecule has 0 aromatic carbocycles. The van der Waals surface area contributed by atoms with Crippen molar-refractivity contribution < 1.29 is 49.0 Å². The Morgan fingerprint density at radius 1 is 1.21 bits per heavy atom. The number of nitrogens with zero attached hydrogens (tertiary/aromatic N) is 1. The Morgan fingerprint density at radius 3 is 2.44 bits per heavy atom. The predicted octanol–water partition coefficient (Wildman–Crippen LogP) is -0.959. The molecule has 4 N–H and O–H groups in total. The van der Waals surface area contributed by atoms with E-state index in [-0.39, 0.29) is 13.0 Å². The Balaban J connectivity index is 2.09. The van der Waals surface area contributed by atoms with E-state index < -0.39 is 65.0 Å². The van der Waals surface area contributed by atoms with Crippen molar-refractivity contribution in [2.24, 2.45) is 5.92 Å². The normalized spacial score (nSPS) is 39.5. The molecule has 0 aliphatic carbocycles. The molecule has 11 nitrogen and oxygen atoms in total. The summed E-state index contributed by atoms with van der Waals surface area (Å²) in [7, 11) is 0. The maximum atomic E-state index is 13.2. The SMILES string of the molecule is CCC(C)(O)[C@]1(O)C(=O)O[C@@H]2CCN3CC=C(COC(=O)[C@](O)(C(C)C)[C@@H](C)OC(=O)[C@@H]1O)[C@H]23. The van der Waals surface area contributed by atoms with Gasteiger partial charge < -0.3 is 34.6 Å². The lowest BCUT2D eigenvalue weighted by Crippen LogP contribution is -2.68. The molecule has 0 aromatic rings. The summed E-state index contributed by atoms with van der Waals surface area (Å²) in [6, 6.07) is -0.454. The summed E-state index contributed by atoms with van der Waals surface area (Å²) in [6.45, 7) is 7.75. The summed E-state index contributed by atoms with van der Waals surface area (Å²) in [4.78, 5) is 41.0. The molecule has 3 rings (SSSR count). The Morgan fingerprint density at radius 2 is 1.85 bits per heavy atom. The van der Waals surface area contributed by atoms with Gasteiger partial charge in [0.2, 0.25) is 11.2 Å². The van der Waals surface area contributed by atoms with Gasteiger partial charge in [-0.3, -0.25) is 4.90 Å². The molecule has 11 heteroatoms. The van der Waals surface area contributed by atoms with Crippen molar-refractivity contribution in [2.75, 3.05) is 19.7 Å². The number of cyclic esters (lactones) is 2. The summed E-state index contributed by atoms with van der Waals surface area (Å²) in [5.74, 6) is -4.67. The second-order valence-electron chi connectivity index (χ2n) is 9.88. The standard InChI is InChI=1S/C23H35NO10/c1-6-21(5,29)23(31)17(25)18(26)33-13(4)22(30,12(2)3)19(27)32-11-14-7-9-24-10-8-15(16(14)24)34-20(23)28/h7,12-13,15-17,25,29-31H,6,8-11H2,1-5H3/t13-,15-,16-,17+,21?,22+,23-/m1/s1. The molecular weight excluding hydrogens is 450 g/mol. The molecule has 0 bridgehead atoms. The van der Waals surface area contributed by atoms with E-state index in [4.69, 9.17) is 14.2 Å². The maximum absolute atomic E-state index is 13.2. The average Bonchev–Trinajstić information content (AvgIpc) is 3.37. The number of aliphatic hydroxyl groups excluding tert-OH is 1. The third kappa shape index (κ3) is 4.03. The van der Waals surface area contributed by atoms with Crippen molar-refractivity contribution in [2.45, 2.75) is 88.6 Å². The number of ether oxygens (including phenoxy) is 3. The van der Waals surface area contributed by atoms with Crippen LogP contribution in [0.15, 0.2) is 11.6 Å². The Hall–Kier alpha value is -2.05. The van der Waals surface area contributed by atoms with E-state index in [1.807, 2.05) is 11.0 Å². The zero-order chi connectivity index (χ0) is 25.6. The van der Waals surface area contributed by atoms with Gasteiger partial charge in [-0.05, 0) is 38.2 Å². The molecule has 3 aliphatic heterocycles. The molecule has 0 radical (unpaired) electrons. The van der Waals surface area contributed by atoms with Crippen molar-refractivity contribution in [3.8, 4) is 0 Å². The van der Waals surface area contributed by atoms with Gasteiger partial charge in [-0.15, -0.1) is 0 Å². The summed E-state index contributed by atoms with van der Waals surface area (Å²) in [5.41, 5.74) is -6.97. The van der Waals surface area contributed by atoms with E-state index in [0.717, 1.165) is 6.92 Å². The lowest BCUT2D eigenvalue weighted by Gasteiger charge is -2.42. The van der Waals surface area contributed by atoms with Gasteiger partial charge in [-0.25, -0.2) is 14.4 Å². The second kappa shape index (κ2) is 9.19. The lowest BCUT2D eigenvalue weighted by molar-refractivity contribution is -0.235. The molecule has 2 fully saturated rings. The number of hydrogen-bond acceptors (Lipinski definition) is 11. The Kier molecular flexibility index (Phi) is 7.18. The highest BCUT2D eigenvalue weighted by Crippen LogP contribution is 2.37. The zero-order valence-electron chi connectivity index (χ0n) is 20.2. The fraction of sp³-hybridized carbons (Fsp3) is 0.783. The fourth-order valence-electron chi connectivity index (χ4n) is 4.88. The van der Waals surface area contributed by atoms with Crippen LogP contribution in [0.5, 0.6) is 0 Å². The monoisotopic (exact) mass is 485 g/mol. The summed E-state index contributed by atoms with van der Waals surface area (Å²) in [5, 5.41) is 44.1. The fourth-order valence-corrected chi connectivity index (χ4v) is 4.88. The molecule has 3 heterocycles. The predicted molar refractivity (Wildman–Crippen MR) is 116 cm³/mol. The van der Waals surface area contributed by atoms with Gasteiger partial charge in [-0.2, -0.15) is 0 Å². The highest BCUT2D eigenvalue weighted by Gasteiger charge is 2.62. The van der Waals surface area contributed by atoms with E-state index in [9.17, 15) is 34.8 Å². The third-order valence-electron chi connectivity index (χ3n) is 7.60. The van der Waals surface area contributed by atoms with Gasteiger partial charge in [0, 0.05) is 13.1 Å². The average molecular weight is 486 g/mol. The molecule has 0 saturated carbocycles. The lowest BCUT2D eigenvalue weighted by atomic mass is 9.77. The molecule has 34 heavy (non-hydrogen) atoms. The van der Waals surface area contributed by atoms with Crippen LogP contribution in [-0.2, 0) is 28.6 Å². The second-order valence-corrected chi connectivity index (χ2v) is 9.88. The van der Waals surface area contributed by atoms with E-state index in [1.54, 1.807) is 0 Å². The number of aliphatic hydroxyl groups is 4. The van der Waals surface area contributed by atoms with Crippen molar-refractivity contribution in [3.05, 3.63) is 11.6 Å². The highest BCUT2D eigenvalue weighted by molar-refractivity contribution is 5.91. The van der Waals surface area contributed by atoms with E-state index in [0.29, 0.717) is 25.1 Å². The molecule has 0 spiro atoms. The van der Waals surface area contributed by atoms with Crippen LogP contribution in [0, 0.1) is 5.92 Å². The first-order valence-electron chi connectivity index (χ1n) is 11.6. The van der Waals surface area contributed by atoms with E-state index >= 15 is 0 Å². The summed E-state index contributed by atoms with van der Waals surface area (Å²) < 4.78 is 16.1. The van der Waals surface area contributed by atoms with E-state index in [1.165, 1.54) is 27.7 Å². The largest absolute Gasteiger partial charge is 0.459 e. The summed E-state index contributed by atoms with van der Waals surface area (Å²) in [6.07, 6.45) is -2.86. The smallest absolute Gasteiger partial charge is 0.344 e. The van der Waals surface area contributed by atoms with Crippen LogP contribution in [0.3, 0.4) is 0 Å². The third-order valence-corrected chi connectivity index (χ3v) is 7.60. The van der Waals surface area contributed by atoms with Crippen molar-refractivity contribution in [3.63, 3.8) is 0 Å². The molecule has 7 atom stereocenters. The number of rotatable bonds is 3. The Bertz CT molecular complexity index is 870. The minimum absolute atomic E-state index is 0.177. The first kappa shape index (κ1) is 26.6. The van der Waals surface area contributed by atoms with E-state index in [2.05, 4.69) is 0 Å². The Labute approximate surface area is 198 Å². The number of carbonyl (C=O) groups excluding carboxylic acids is 3. The molecule has 2 saturated heterocycles. The highest BCUT2D eigenvalue weighted by atomic mass is 16.6. The number of hydrogen-bond donors (Lipinski definition) is 4. The molecule has 3 aliphatic rings. The number of esters is 3. The molecule has 0 aromatic heterocycles. The molecule has 0 amide bonds. The van der Waals surface area contributed by atoms with Crippen LogP contribution >= 0.6 is 0 Å². The quantitative estimate of drug-likeness (QED) is 0.221. The van der Waals surface area contributed by atoms with Gasteiger partial charge in [0.15, 0.2) is 6.10 Å². The van der Waals surface area contributed by atoms with Crippen molar-refractivity contribution in [1.29, 1.82) is 0 Å². The first-order valence-corrected chi connectivity index (χ1v) is 11.6. The topological polar surface area (TPSA) is 163 Å².